The molecule has 4 rings (SSSR count). The van der Waals surface area contributed by atoms with E-state index in [0.717, 1.165) is 10.9 Å². The van der Waals surface area contributed by atoms with Gasteiger partial charge in [-0.05, 0) is 29.0 Å². The summed E-state index contributed by atoms with van der Waals surface area (Å²) in [6.07, 6.45) is 0. The number of fused-ring (bicyclic) bond motifs is 1. The van der Waals surface area contributed by atoms with Gasteiger partial charge >= 0.3 is 0 Å². The minimum atomic E-state index is -0.129. The highest BCUT2D eigenvalue weighted by Crippen LogP contribution is 2.25. The van der Waals surface area contributed by atoms with Crippen LogP contribution in [-0.2, 0) is 6.54 Å². The second-order valence-electron chi connectivity index (χ2n) is 5.79. The van der Waals surface area contributed by atoms with Crippen molar-refractivity contribution in [3.05, 3.63) is 90.1 Å². The predicted octanol–water partition coefficient (Wildman–Crippen LogP) is 4.42. The second-order valence-corrected chi connectivity index (χ2v) is 5.79. The number of hydrogen-bond donors (Lipinski definition) is 1. The molecule has 4 aromatic rings. The van der Waals surface area contributed by atoms with Crippen LogP contribution in [-0.4, -0.2) is 11.1 Å². The van der Waals surface area contributed by atoms with E-state index in [2.05, 4.69) is 34.7 Å². The average Bonchev–Trinajstić information content (AvgIpc) is 3.15. The number of carbonyl (C=O) groups is 1. The molecule has 0 radical (unpaired) electrons. The molecule has 4 heteroatoms. The fraction of sp³-hybridized carbons (Fsp3) is 0.0476. The number of aromatic nitrogens is 1. The SMILES string of the molecule is O=C(NCc1cc(-c2ccc3ccccc3c2)on1)c1ccccc1. The zero-order valence-corrected chi connectivity index (χ0v) is 13.5. The molecule has 0 aliphatic heterocycles. The maximum atomic E-state index is 12.1. The highest BCUT2D eigenvalue weighted by atomic mass is 16.5. The lowest BCUT2D eigenvalue weighted by Gasteiger charge is -2.02. The van der Waals surface area contributed by atoms with Gasteiger partial charge in [-0.25, -0.2) is 0 Å². The van der Waals surface area contributed by atoms with Crippen molar-refractivity contribution in [2.45, 2.75) is 6.54 Å². The summed E-state index contributed by atoms with van der Waals surface area (Å²) >= 11 is 0. The molecule has 1 amide bonds. The molecular weight excluding hydrogens is 312 g/mol. The summed E-state index contributed by atoms with van der Waals surface area (Å²) in [6.45, 7) is 0.324. The minimum absolute atomic E-state index is 0.129. The van der Waals surface area contributed by atoms with Crippen LogP contribution in [0.15, 0.2) is 83.4 Å². The number of rotatable bonds is 4. The van der Waals surface area contributed by atoms with E-state index in [1.807, 2.05) is 42.5 Å². The summed E-state index contributed by atoms with van der Waals surface area (Å²) in [5.41, 5.74) is 2.28. The van der Waals surface area contributed by atoms with Gasteiger partial charge in [0.25, 0.3) is 5.91 Å². The van der Waals surface area contributed by atoms with Crippen LogP contribution in [0, 0.1) is 0 Å². The Kier molecular flexibility index (Phi) is 4.01. The number of nitrogens with one attached hydrogen (secondary N) is 1. The summed E-state index contributed by atoms with van der Waals surface area (Å²) in [6, 6.07) is 25.3. The largest absolute Gasteiger partial charge is 0.356 e. The lowest BCUT2D eigenvalue weighted by Crippen LogP contribution is -2.22. The first-order valence-corrected chi connectivity index (χ1v) is 8.07. The Morgan fingerprint density at radius 2 is 1.64 bits per heavy atom. The van der Waals surface area contributed by atoms with Crippen LogP contribution in [0.5, 0.6) is 0 Å². The van der Waals surface area contributed by atoms with E-state index in [0.29, 0.717) is 23.6 Å². The summed E-state index contributed by atoms with van der Waals surface area (Å²) in [7, 11) is 0. The molecule has 0 spiro atoms. The van der Waals surface area contributed by atoms with Gasteiger partial charge in [-0.1, -0.05) is 59.8 Å². The Morgan fingerprint density at radius 3 is 2.48 bits per heavy atom. The average molecular weight is 328 g/mol. The van der Waals surface area contributed by atoms with Crippen molar-refractivity contribution >= 4 is 16.7 Å². The van der Waals surface area contributed by atoms with Crippen LogP contribution >= 0.6 is 0 Å². The van der Waals surface area contributed by atoms with Crippen molar-refractivity contribution in [1.82, 2.24) is 10.5 Å². The highest BCUT2D eigenvalue weighted by molar-refractivity contribution is 5.94. The van der Waals surface area contributed by atoms with Gasteiger partial charge in [-0.3, -0.25) is 4.79 Å². The van der Waals surface area contributed by atoms with Crippen molar-refractivity contribution in [2.24, 2.45) is 0 Å². The first-order chi connectivity index (χ1) is 12.3. The van der Waals surface area contributed by atoms with Crippen LogP contribution in [0.3, 0.4) is 0 Å². The normalized spacial score (nSPS) is 10.7. The molecular formula is C21H16N2O2. The molecule has 1 heterocycles. The van der Waals surface area contributed by atoms with Gasteiger partial charge in [-0.15, -0.1) is 0 Å². The molecule has 0 bridgehead atoms. The molecule has 0 fully saturated rings. The summed E-state index contributed by atoms with van der Waals surface area (Å²) in [5.74, 6) is 0.561. The van der Waals surface area contributed by atoms with Crippen molar-refractivity contribution < 1.29 is 9.32 Å². The van der Waals surface area contributed by atoms with Gasteiger partial charge in [0.15, 0.2) is 5.76 Å². The molecule has 0 unspecified atom stereocenters. The maximum Gasteiger partial charge on any atom is 0.251 e. The summed E-state index contributed by atoms with van der Waals surface area (Å²) < 4.78 is 5.44. The van der Waals surface area contributed by atoms with E-state index in [9.17, 15) is 4.79 Å². The number of amides is 1. The quantitative estimate of drug-likeness (QED) is 0.603. The summed E-state index contributed by atoms with van der Waals surface area (Å²) in [5, 5.41) is 9.23. The van der Waals surface area contributed by atoms with E-state index in [4.69, 9.17) is 4.52 Å². The number of carbonyl (C=O) groups excluding carboxylic acids is 1. The standard InChI is InChI=1S/C21H16N2O2/c24-21(16-7-2-1-3-8-16)22-14-19-13-20(25-23-19)18-11-10-15-6-4-5-9-17(15)12-18/h1-13H,14H2,(H,22,24). The van der Waals surface area contributed by atoms with Gasteiger partial charge in [0.05, 0.1) is 6.54 Å². The van der Waals surface area contributed by atoms with Gasteiger partial charge in [0.1, 0.15) is 5.69 Å². The molecule has 0 saturated heterocycles. The molecule has 0 aliphatic carbocycles. The zero-order chi connectivity index (χ0) is 17.1. The van der Waals surface area contributed by atoms with Gasteiger partial charge in [0.2, 0.25) is 0 Å². The van der Waals surface area contributed by atoms with Crippen LogP contribution < -0.4 is 5.32 Å². The number of hydrogen-bond acceptors (Lipinski definition) is 3. The van der Waals surface area contributed by atoms with Crippen LogP contribution in [0.2, 0.25) is 0 Å². The van der Waals surface area contributed by atoms with Crippen LogP contribution in [0.25, 0.3) is 22.1 Å². The van der Waals surface area contributed by atoms with E-state index in [1.54, 1.807) is 12.1 Å². The Morgan fingerprint density at radius 1 is 0.880 bits per heavy atom. The highest BCUT2D eigenvalue weighted by Gasteiger charge is 2.09. The molecule has 0 saturated carbocycles. The first kappa shape index (κ1) is 15.1. The smallest absolute Gasteiger partial charge is 0.251 e. The minimum Gasteiger partial charge on any atom is -0.356 e. The monoisotopic (exact) mass is 328 g/mol. The molecule has 25 heavy (non-hydrogen) atoms. The lowest BCUT2D eigenvalue weighted by molar-refractivity contribution is 0.0950. The van der Waals surface area contributed by atoms with Crippen LogP contribution in [0.4, 0.5) is 0 Å². The first-order valence-electron chi connectivity index (χ1n) is 8.07. The molecule has 4 nitrogen and oxygen atoms in total. The zero-order valence-electron chi connectivity index (χ0n) is 13.5. The third kappa shape index (κ3) is 3.28. The number of benzene rings is 3. The van der Waals surface area contributed by atoms with Crippen molar-refractivity contribution in [2.75, 3.05) is 0 Å². The molecule has 122 valence electrons. The summed E-state index contributed by atoms with van der Waals surface area (Å²) in [4.78, 5) is 12.1. The second kappa shape index (κ2) is 6.61. The van der Waals surface area contributed by atoms with Gasteiger partial charge in [0, 0.05) is 17.2 Å². The third-order valence-corrected chi connectivity index (χ3v) is 4.06. The Balaban J connectivity index is 1.49. The van der Waals surface area contributed by atoms with Crippen molar-refractivity contribution in [3.63, 3.8) is 0 Å². The Hall–Kier alpha value is -3.40. The lowest BCUT2D eigenvalue weighted by atomic mass is 10.1. The van der Waals surface area contributed by atoms with Gasteiger partial charge < -0.3 is 9.84 Å². The maximum absolute atomic E-state index is 12.1. The van der Waals surface area contributed by atoms with E-state index in [-0.39, 0.29) is 5.91 Å². The fourth-order valence-electron chi connectivity index (χ4n) is 2.74. The fourth-order valence-corrected chi connectivity index (χ4v) is 2.74. The van der Waals surface area contributed by atoms with E-state index < -0.39 is 0 Å². The third-order valence-electron chi connectivity index (χ3n) is 4.06. The molecule has 0 atom stereocenters. The Labute approximate surface area is 145 Å². The molecule has 1 aromatic heterocycles. The Bertz CT molecular complexity index is 1020. The molecule has 0 aliphatic rings. The number of nitrogens with zero attached hydrogens (tertiary/aromatic N) is 1. The van der Waals surface area contributed by atoms with E-state index in [1.165, 1.54) is 5.39 Å². The molecule has 3 aromatic carbocycles. The van der Waals surface area contributed by atoms with Gasteiger partial charge in [-0.2, -0.15) is 0 Å². The van der Waals surface area contributed by atoms with Crippen LogP contribution in [0.1, 0.15) is 16.1 Å². The molecule has 1 N–H and O–H groups in total. The van der Waals surface area contributed by atoms with Crippen molar-refractivity contribution in [3.8, 4) is 11.3 Å². The topological polar surface area (TPSA) is 55.1 Å². The predicted molar refractivity (Wildman–Crippen MR) is 97.1 cm³/mol. The van der Waals surface area contributed by atoms with E-state index >= 15 is 0 Å². The van der Waals surface area contributed by atoms with Crippen molar-refractivity contribution in [1.29, 1.82) is 0 Å².